The summed E-state index contributed by atoms with van der Waals surface area (Å²) in [7, 11) is 1.38. The second-order valence-electron chi connectivity index (χ2n) is 7.76. The number of nitrogens with one attached hydrogen (secondary N) is 1. The van der Waals surface area contributed by atoms with Crippen molar-refractivity contribution in [1.82, 2.24) is 4.98 Å². The Morgan fingerprint density at radius 2 is 2.14 bits per heavy atom. The molecule has 2 heterocycles. The zero-order valence-electron chi connectivity index (χ0n) is 15.9. The first-order valence-electron chi connectivity index (χ1n) is 9.64. The fraction of sp³-hybridized carbons (Fsp3) is 0.500. The van der Waals surface area contributed by atoms with Crippen molar-refractivity contribution < 1.29 is 18.7 Å². The van der Waals surface area contributed by atoms with E-state index in [4.69, 9.17) is 16.2 Å². The molecule has 1 aliphatic carbocycles. The van der Waals surface area contributed by atoms with Crippen molar-refractivity contribution in [3.8, 4) is 0 Å². The molecule has 2 aliphatic rings. The number of fused-ring (bicyclic) bond motifs is 3. The molecule has 0 bridgehead atoms. The fourth-order valence-electron chi connectivity index (χ4n) is 4.64. The van der Waals surface area contributed by atoms with Crippen LogP contribution in [0.25, 0.3) is 10.9 Å². The number of hydrogen-bond acceptors (Lipinski definition) is 5. The first kappa shape index (κ1) is 18.7. The first-order chi connectivity index (χ1) is 13.4. The number of hydrogen-bond donors (Lipinski definition) is 3. The molecule has 1 saturated heterocycles. The summed E-state index contributed by atoms with van der Waals surface area (Å²) in [6, 6.07) is 1.19. The molecular formula is C20H25FN4O3. The van der Waals surface area contributed by atoms with Crippen LogP contribution in [-0.4, -0.2) is 43.1 Å². The maximum atomic E-state index is 15.2. The Morgan fingerprint density at radius 1 is 1.36 bits per heavy atom. The van der Waals surface area contributed by atoms with Crippen molar-refractivity contribution in [2.24, 2.45) is 17.4 Å². The number of nitrogens with zero attached hydrogens (tertiary/aromatic N) is 1. The predicted molar refractivity (Wildman–Crippen MR) is 104 cm³/mol. The van der Waals surface area contributed by atoms with E-state index in [1.807, 2.05) is 4.90 Å². The van der Waals surface area contributed by atoms with Crippen molar-refractivity contribution in [1.29, 1.82) is 0 Å². The standard InChI is InChI=1S/C20H25FN4O3/c1-28-20(27)10-4-5-12-15(7-10)24-17-13(19(23)26)8-14(21)18(16(12)17)25-6-2-3-11(22)9-25/h8,10-11,24H,2-7,9,22H2,1H3,(H2,23,26)/t10?,11-/m0/s1. The van der Waals surface area contributed by atoms with E-state index < -0.39 is 11.7 Å². The van der Waals surface area contributed by atoms with Crippen LogP contribution in [0.4, 0.5) is 10.1 Å². The predicted octanol–water partition coefficient (Wildman–Crippen LogP) is 1.61. The van der Waals surface area contributed by atoms with Crippen LogP contribution in [0.2, 0.25) is 0 Å². The van der Waals surface area contributed by atoms with Crippen LogP contribution in [-0.2, 0) is 22.4 Å². The van der Waals surface area contributed by atoms with Crippen molar-refractivity contribution in [2.45, 2.75) is 38.1 Å². The molecule has 0 spiro atoms. The minimum atomic E-state index is -0.686. The van der Waals surface area contributed by atoms with E-state index in [-0.39, 0.29) is 23.5 Å². The third-order valence-electron chi connectivity index (χ3n) is 5.96. The lowest BCUT2D eigenvalue weighted by Crippen LogP contribution is -2.43. The van der Waals surface area contributed by atoms with E-state index >= 15 is 4.39 Å². The van der Waals surface area contributed by atoms with E-state index in [0.29, 0.717) is 48.9 Å². The number of piperidine rings is 1. The minimum absolute atomic E-state index is 0.0162. The van der Waals surface area contributed by atoms with Gasteiger partial charge in [-0.05, 0) is 37.3 Å². The summed E-state index contributed by atoms with van der Waals surface area (Å²) < 4.78 is 20.1. The van der Waals surface area contributed by atoms with E-state index in [1.165, 1.54) is 13.2 Å². The highest BCUT2D eigenvalue weighted by molar-refractivity contribution is 6.10. The van der Waals surface area contributed by atoms with Crippen molar-refractivity contribution >= 4 is 28.5 Å². The highest BCUT2D eigenvalue weighted by atomic mass is 19.1. The number of amides is 1. The first-order valence-corrected chi connectivity index (χ1v) is 9.64. The maximum Gasteiger partial charge on any atom is 0.309 e. The Bertz CT molecular complexity index is 955. The van der Waals surface area contributed by atoms with Gasteiger partial charge >= 0.3 is 5.97 Å². The zero-order chi connectivity index (χ0) is 20.0. The number of anilines is 1. The maximum absolute atomic E-state index is 15.2. The normalized spacial score (nSPS) is 22.2. The van der Waals surface area contributed by atoms with Gasteiger partial charge in [-0.3, -0.25) is 9.59 Å². The minimum Gasteiger partial charge on any atom is -0.469 e. The quantitative estimate of drug-likeness (QED) is 0.691. The van der Waals surface area contributed by atoms with Crippen LogP contribution in [0.5, 0.6) is 0 Å². The molecule has 1 unspecified atom stereocenters. The number of carbonyl (C=O) groups excluding carboxylic acids is 2. The number of esters is 1. The molecule has 1 aliphatic heterocycles. The average molecular weight is 388 g/mol. The molecule has 2 atom stereocenters. The molecular weight excluding hydrogens is 363 g/mol. The van der Waals surface area contributed by atoms with Crippen molar-refractivity contribution in [3.63, 3.8) is 0 Å². The summed E-state index contributed by atoms with van der Waals surface area (Å²) in [6.45, 7) is 1.27. The van der Waals surface area contributed by atoms with Crippen molar-refractivity contribution in [3.05, 3.63) is 28.7 Å². The molecule has 1 amide bonds. The number of primary amides is 1. The van der Waals surface area contributed by atoms with Gasteiger partial charge in [0.05, 0.1) is 29.8 Å². The van der Waals surface area contributed by atoms with E-state index in [2.05, 4.69) is 4.98 Å². The number of carbonyl (C=O) groups is 2. The molecule has 2 aromatic rings. The van der Waals surface area contributed by atoms with Crippen LogP contribution in [0.3, 0.4) is 0 Å². The van der Waals surface area contributed by atoms with Gasteiger partial charge in [0, 0.05) is 36.6 Å². The molecule has 5 N–H and O–H groups in total. The van der Waals surface area contributed by atoms with Crippen LogP contribution in [0, 0.1) is 11.7 Å². The van der Waals surface area contributed by atoms with Crippen molar-refractivity contribution in [2.75, 3.05) is 25.1 Å². The number of aromatic nitrogens is 1. The highest BCUT2D eigenvalue weighted by Crippen LogP contribution is 2.41. The number of aromatic amines is 1. The van der Waals surface area contributed by atoms with E-state index in [1.54, 1.807) is 0 Å². The lowest BCUT2D eigenvalue weighted by Gasteiger charge is -2.34. The molecule has 28 heavy (non-hydrogen) atoms. The van der Waals surface area contributed by atoms with Crippen LogP contribution in [0.15, 0.2) is 6.07 Å². The number of benzene rings is 1. The Balaban J connectivity index is 1.90. The smallest absolute Gasteiger partial charge is 0.309 e. The molecule has 0 saturated carbocycles. The zero-order valence-corrected chi connectivity index (χ0v) is 15.9. The SMILES string of the molecule is COC(=O)C1CCc2c([nH]c3c(C(N)=O)cc(F)c(N4CCC[C@H](N)C4)c23)C1. The Labute approximate surface area is 162 Å². The lowest BCUT2D eigenvalue weighted by molar-refractivity contribution is -0.145. The second-order valence-corrected chi connectivity index (χ2v) is 7.76. The molecule has 1 aromatic carbocycles. The van der Waals surface area contributed by atoms with E-state index in [9.17, 15) is 9.59 Å². The Morgan fingerprint density at radius 3 is 2.82 bits per heavy atom. The van der Waals surface area contributed by atoms with Gasteiger partial charge in [-0.25, -0.2) is 4.39 Å². The Hall–Kier alpha value is -2.61. The summed E-state index contributed by atoms with van der Waals surface area (Å²) >= 11 is 0. The van der Waals surface area contributed by atoms with Crippen LogP contribution in [0.1, 0.15) is 40.9 Å². The summed E-state index contributed by atoms with van der Waals surface area (Å²) in [5, 5.41) is 0.696. The summed E-state index contributed by atoms with van der Waals surface area (Å²) in [5.74, 6) is -1.66. The highest BCUT2D eigenvalue weighted by Gasteiger charge is 2.32. The lowest BCUT2D eigenvalue weighted by atomic mass is 9.86. The number of rotatable bonds is 3. The van der Waals surface area contributed by atoms with Gasteiger partial charge in [0.1, 0.15) is 5.82 Å². The summed E-state index contributed by atoms with van der Waals surface area (Å²) in [5.41, 5.74) is 14.6. The molecule has 0 radical (unpaired) electrons. The number of methoxy groups -OCH3 is 1. The molecule has 4 rings (SSSR count). The number of aryl methyl sites for hydroxylation is 1. The topological polar surface area (TPSA) is 114 Å². The fourth-order valence-corrected chi connectivity index (χ4v) is 4.64. The molecule has 150 valence electrons. The molecule has 1 fully saturated rings. The third kappa shape index (κ3) is 3.01. The summed E-state index contributed by atoms with van der Waals surface area (Å²) in [6.07, 6.45) is 3.48. The number of H-pyrrole nitrogens is 1. The van der Waals surface area contributed by atoms with Crippen LogP contribution < -0.4 is 16.4 Å². The number of ether oxygens (including phenoxy) is 1. The van der Waals surface area contributed by atoms with Crippen LogP contribution >= 0.6 is 0 Å². The largest absolute Gasteiger partial charge is 0.469 e. The number of halogens is 1. The molecule has 8 heteroatoms. The molecule has 1 aromatic heterocycles. The van der Waals surface area contributed by atoms with Gasteiger partial charge in [0.25, 0.3) is 5.91 Å². The molecule has 7 nitrogen and oxygen atoms in total. The van der Waals surface area contributed by atoms with Gasteiger partial charge in [-0.15, -0.1) is 0 Å². The average Bonchev–Trinajstić information content (AvgIpc) is 3.04. The van der Waals surface area contributed by atoms with Gasteiger partial charge in [0.2, 0.25) is 0 Å². The van der Waals surface area contributed by atoms with E-state index in [0.717, 1.165) is 24.1 Å². The number of nitrogens with two attached hydrogens (primary N) is 2. The summed E-state index contributed by atoms with van der Waals surface area (Å²) in [4.78, 5) is 29.2. The Kier molecular flexibility index (Phi) is 4.74. The van der Waals surface area contributed by atoms with Gasteiger partial charge in [-0.2, -0.15) is 0 Å². The third-order valence-corrected chi connectivity index (χ3v) is 5.96. The van der Waals surface area contributed by atoms with Gasteiger partial charge in [-0.1, -0.05) is 0 Å². The van der Waals surface area contributed by atoms with Gasteiger partial charge < -0.3 is 26.1 Å². The van der Waals surface area contributed by atoms with Gasteiger partial charge in [0.15, 0.2) is 0 Å². The second kappa shape index (κ2) is 7.09. The monoisotopic (exact) mass is 388 g/mol.